The summed E-state index contributed by atoms with van der Waals surface area (Å²) in [5.74, 6) is 0.725. The van der Waals surface area contributed by atoms with Crippen molar-refractivity contribution in [2.45, 2.75) is 6.54 Å². The predicted octanol–water partition coefficient (Wildman–Crippen LogP) is 3.09. The lowest BCUT2D eigenvalue weighted by Crippen LogP contribution is -1.95. The lowest BCUT2D eigenvalue weighted by atomic mass is 10.2. The van der Waals surface area contributed by atoms with Gasteiger partial charge in [0.2, 0.25) is 0 Å². The molecule has 0 aromatic heterocycles. The SMILES string of the molecule is COc1ccc(Oc2ccc(CN)cc2)c(F)c1. The van der Waals surface area contributed by atoms with Gasteiger partial charge in [0, 0.05) is 12.6 Å². The second kappa shape index (κ2) is 5.51. The normalized spacial score (nSPS) is 10.2. The molecule has 0 radical (unpaired) electrons. The summed E-state index contributed by atoms with van der Waals surface area (Å²) in [6, 6.07) is 11.7. The van der Waals surface area contributed by atoms with Gasteiger partial charge in [0.15, 0.2) is 11.6 Å². The Morgan fingerprint density at radius 1 is 1.06 bits per heavy atom. The Hall–Kier alpha value is -2.07. The zero-order valence-corrected chi connectivity index (χ0v) is 10.0. The second-order valence-electron chi connectivity index (χ2n) is 3.75. The molecule has 0 amide bonds. The van der Waals surface area contributed by atoms with Crippen LogP contribution in [-0.2, 0) is 6.54 Å². The van der Waals surface area contributed by atoms with Gasteiger partial charge in [0.1, 0.15) is 11.5 Å². The van der Waals surface area contributed by atoms with E-state index in [1.54, 1.807) is 18.2 Å². The molecule has 2 aromatic rings. The average Bonchev–Trinajstić information content (AvgIpc) is 2.42. The minimum atomic E-state index is -0.461. The molecule has 0 heterocycles. The van der Waals surface area contributed by atoms with Crippen LogP contribution in [0.3, 0.4) is 0 Å². The van der Waals surface area contributed by atoms with Crippen LogP contribution in [0, 0.1) is 5.82 Å². The standard InChI is InChI=1S/C14H14FNO2/c1-17-12-6-7-14(13(15)8-12)18-11-4-2-10(9-16)3-5-11/h2-8H,9,16H2,1H3. The van der Waals surface area contributed by atoms with Gasteiger partial charge in [-0.05, 0) is 29.8 Å². The maximum atomic E-state index is 13.6. The number of ether oxygens (including phenoxy) is 2. The highest BCUT2D eigenvalue weighted by Crippen LogP contribution is 2.27. The van der Waals surface area contributed by atoms with Gasteiger partial charge in [0.25, 0.3) is 0 Å². The van der Waals surface area contributed by atoms with Crippen molar-refractivity contribution < 1.29 is 13.9 Å². The molecule has 0 saturated carbocycles. The Morgan fingerprint density at radius 3 is 2.28 bits per heavy atom. The highest BCUT2D eigenvalue weighted by Gasteiger charge is 2.06. The quantitative estimate of drug-likeness (QED) is 0.903. The minimum Gasteiger partial charge on any atom is -0.497 e. The zero-order chi connectivity index (χ0) is 13.0. The first-order chi connectivity index (χ1) is 8.72. The number of hydrogen-bond acceptors (Lipinski definition) is 3. The van der Waals surface area contributed by atoms with Crippen LogP contribution < -0.4 is 15.2 Å². The molecule has 18 heavy (non-hydrogen) atoms. The molecule has 2 N–H and O–H groups in total. The fraction of sp³-hybridized carbons (Fsp3) is 0.143. The van der Waals surface area contributed by atoms with Crippen LogP contribution in [0.4, 0.5) is 4.39 Å². The Kier molecular flexibility index (Phi) is 3.79. The van der Waals surface area contributed by atoms with Gasteiger partial charge >= 0.3 is 0 Å². The van der Waals surface area contributed by atoms with E-state index in [2.05, 4.69) is 0 Å². The van der Waals surface area contributed by atoms with E-state index in [9.17, 15) is 4.39 Å². The first-order valence-electron chi connectivity index (χ1n) is 5.53. The maximum Gasteiger partial charge on any atom is 0.169 e. The van der Waals surface area contributed by atoms with Crippen LogP contribution in [-0.4, -0.2) is 7.11 Å². The Morgan fingerprint density at radius 2 is 1.72 bits per heavy atom. The number of benzene rings is 2. The Labute approximate surface area is 105 Å². The summed E-state index contributed by atoms with van der Waals surface area (Å²) in [5.41, 5.74) is 6.49. The van der Waals surface area contributed by atoms with E-state index >= 15 is 0 Å². The number of methoxy groups -OCH3 is 1. The van der Waals surface area contributed by atoms with E-state index in [1.165, 1.54) is 19.2 Å². The van der Waals surface area contributed by atoms with Crippen molar-refractivity contribution in [3.63, 3.8) is 0 Å². The molecule has 3 nitrogen and oxygen atoms in total. The predicted molar refractivity (Wildman–Crippen MR) is 67.4 cm³/mol. The fourth-order valence-electron chi connectivity index (χ4n) is 1.51. The van der Waals surface area contributed by atoms with Gasteiger partial charge in [-0.2, -0.15) is 0 Å². The Bertz CT molecular complexity index is 526. The van der Waals surface area contributed by atoms with Gasteiger partial charge in [-0.1, -0.05) is 12.1 Å². The molecule has 0 unspecified atom stereocenters. The maximum absolute atomic E-state index is 13.6. The van der Waals surface area contributed by atoms with Crippen LogP contribution in [0.2, 0.25) is 0 Å². The topological polar surface area (TPSA) is 44.5 Å². The molecule has 2 aromatic carbocycles. The molecule has 0 fully saturated rings. The van der Waals surface area contributed by atoms with Crippen molar-refractivity contribution in [3.8, 4) is 17.2 Å². The van der Waals surface area contributed by atoms with E-state index in [0.29, 0.717) is 18.0 Å². The molecule has 0 saturated heterocycles. The van der Waals surface area contributed by atoms with Gasteiger partial charge in [-0.3, -0.25) is 0 Å². The fourth-order valence-corrected chi connectivity index (χ4v) is 1.51. The lowest BCUT2D eigenvalue weighted by molar-refractivity contribution is 0.402. The highest BCUT2D eigenvalue weighted by molar-refractivity contribution is 5.37. The van der Waals surface area contributed by atoms with Crippen molar-refractivity contribution in [1.29, 1.82) is 0 Å². The van der Waals surface area contributed by atoms with E-state index in [-0.39, 0.29) is 5.75 Å². The first kappa shape index (κ1) is 12.4. The average molecular weight is 247 g/mol. The van der Waals surface area contributed by atoms with Gasteiger partial charge < -0.3 is 15.2 Å². The number of hydrogen-bond donors (Lipinski definition) is 1. The molecule has 0 spiro atoms. The van der Waals surface area contributed by atoms with Gasteiger partial charge in [-0.15, -0.1) is 0 Å². The summed E-state index contributed by atoms with van der Waals surface area (Å²) in [7, 11) is 1.49. The van der Waals surface area contributed by atoms with Gasteiger partial charge in [-0.25, -0.2) is 4.39 Å². The van der Waals surface area contributed by atoms with Crippen molar-refractivity contribution in [1.82, 2.24) is 0 Å². The second-order valence-corrected chi connectivity index (χ2v) is 3.75. The smallest absolute Gasteiger partial charge is 0.169 e. The minimum absolute atomic E-state index is 0.163. The molecule has 0 atom stereocenters. The summed E-state index contributed by atoms with van der Waals surface area (Å²) in [4.78, 5) is 0. The van der Waals surface area contributed by atoms with Crippen LogP contribution >= 0.6 is 0 Å². The molecule has 0 bridgehead atoms. The van der Waals surface area contributed by atoms with E-state index in [4.69, 9.17) is 15.2 Å². The molecular weight excluding hydrogens is 233 g/mol. The highest BCUT2D eigenvalue weighted by atomic mass is 19.1. The van der Waals surface area contributed by atoms with E-state index in [0.717, 1.165) is 5.56 Å². The Balaban J connectivity index is 2.17. The summed E-state index contributed by atoms with van der Waals surface area (Å²) in [6.45, 7) is 0.469. The van der Waals surface area contributed by atoms with Crippen molar-refractivity contribution >= 4 is 0 Å². The summed E-state index contributed by atoms with van der Waals surface area (Å²) in [6.07, 6.45) is 0. The van der Waals surface area contributed by atoms with Gasteiger partial charge in [0.05, 0.1) is 7.11 Å². The van der Waals surface area contributed by atoms with Crippen LogP contribution in [0.1, 0.15) is 5.56 Å². The molecule has 4 heteroatoms. The monoisotopic (exact) mass is 247 g/mol. The molecular formula is C14H14FNO2. The molecule has 2 rings (SSSR count). The zero-order valence-electron chi connectivity index (χ0n) is 10.0. The van der Waals surface area contributed by atoms with Crippen molar-refractivity contribution in [2.24, 2.45) is 5.73 Å². The molecule has 94 valence electrons. The molecule has 0 aliphatic carbocycles. The van der Waals surface area contributed by atoms with Crippen LogP contribution in [0.25, 0.3) is 0 Å². The summed E-state index contributed by atoms with van der Waals surface area (Å²) in [5, 5.41) is 0. The van der Waals surface area contributed by atoms with Crippen LogP contribution in [0.5, 0.6) is 17.2 Å². The number of nitrogens with two attached hydrogens (primary N) is 1. The third kappa shape index (κ3) is 2.78. The largest absolute Gasteiger partial charge is 0.497 e. The molecule has 0 aliphatic heterocycles. The molecule has 0 aliphatic rings. The van der Waals surface area contributed by atoms with Crippen molar-refractivity contribution in [2.75, 3.05) is 7.11 Å². The lowest BCUT2D eigenvalue weighted by Gasteiger charge is -2.08. The first-order valence-corrected chi connectivity index (χ1v) is 5.53. The van der Waals surface area contributed by atoms with E-state index < -0.39 is 5.82 Å². The number of halogens is 1. The third-order valence-electron chi connectivity index (χ3n) is 2.53. The third-order valence-corrected chi connectivity index (χ3v) is 2.53. The van der Waals surface area contributed by atoms with Crippen molar-refractivity contribution in [3.05, 3.63) is 53.8 Å². The summed E-state index contributed by atoms with van der Waals surface area (Å²) >= 11 is 0. The summed E-state index contributed by atoms with van der Waals surface area (Å²) < 4.78 is 24.0. The van der Waals surface area contributed by atoms with E-state index in [1.807, 2.05) is 12.1 Å². The number of rotatable bonds is 4. The van der Waals surface area contributed by atoms with Crippen LogP contribution in [0.15, 0.2) is 42.5 Å².